The molecule has 1 saturated heterocycles. The number of Topliss-reactive ketones (excluding diaryl/α,β-unsaturated/α-hetero) is 1. The maximum absolute atomic E-state index is 13.0. The molecule has 6 heteroatoms. The highest BCUT2D eigenvalue weighted by molar-refractivity contribution is 6.51. The van der Waals surface area contributed by atoms with Gasteiger partial charge in [-0.05, 0) is 36.8 Å². The molecular formula is C23H17ClN2O3. The molecule has 1 atom stereocenters. The molecule has 29 heavy (non-hydrogen) atoms. The third-order valence-electron chi connectivity index (χ3n) is 4.88. The number of carbonyl (C=O) groups is 2. The molecular weight excluding hydrogens is 388 g/mol. The number of rotatable bonds is 3. The first-order chi connectivity index (χ1) is 14.0. The predicted molar refractivity (Wildman–Crippen MR) is 112 cm³/mol. The standard InChI is InChI=1S/C23H17ClN2O3/c1-14-4-6-16(7-5-14)21(27)19-20(15-8-10-17(24)11-9-15)26(23(29)22(19)28)18-3-2-12-25-13-18/h2-13,20,27H,1H3. The molecule has 1 amide bonds. The van der Waals surface area contributed by atoms with Crippen molar-refractivity contribution in [3.05, 3.63) is 100 Å². The van der Waals surface area contributed by atoms with Crippen LogP contribution in [0.25, 0.3) is 5.76 Å². The molecule has 2 aromatic carbocycles. The SMILES string of the molecule is Cc1ccc(C(O)=C2C(=O)C(=O)N(c3cccnc3)C2c2ccc(Cl)cc2)cc1. The van der Waals surface area contributed by atoms with Gasteiger partial charge in [0.1, 0.15) is 5.76 Å². The number of anilines is 1. The van der Waals surface area contributed by atoms with E-state index in [2.05, 4.69) is 4.98 Å². The van der Waals surface area contributed by atoms with Gasteiger partial charge in [-0.2, -0.15) is 0 Å². The summed E-state index contributed by atoms with van der Waals surface area (Å²) in [4.78, 5) is 31.3. The fourth-order valence-corrected chi connectivity index (χ4v) is 3.55. The third-order valence-corrected chi connectivity index (χ3v) is 5.13. The molecule has 1 aliphatic heterocycles. The molecule has 1 N–H and O–H groups in total. The second-order valence-electron chi connectivity index (χ2n) is 6.80. The Kier molecular flexibility index (Phi) is 4.91. The van der Waals surface area contributed by atoms with Gasteiger partial charge in [-0.1, -0.05) is 53.6 Å². The number of hydrogen-bond donors (Lipinski definition) is 1. The lowest BCUT2D eigenvalue weighted by atomic mass is 9.95. The highest BCUT2D eigenvalue weighted by Crippen LogP contribution is 2.42. The number of benzene rings is 2. The first-order valence-electron chi connectivity index (χ1n) is 9.01. The number of amides is 1. The van der Waals surface area contributed by atoms with Crippen LogP contribution in [0.15, 0.2) is 78.6 Å². The van der Waals surface area contributed by atoms with Gasteiger partial charge in [-0.15, -0.1) is 0 Å². The molecule has 2 heterocycles. The zero-order valence-corrected chi connectivity index (χ0v) is 16.3. The minimum absolute atomic E-state index is 0.0324. The Labute approximate surface area is 172 Å². The summed E-state index contributed by atoms with van der Waals surface area (Å²) in [5, 5.41) is 11.5. The third kappa shape index (κ3) is 3.41. The van der Waals surface area contributed by atoms with Crippen molar-refractivity contribution >= 4 is 34.7 Å². The van der Waals surface area contributed by atoms with Crippen LogP contribution in [0.1, 0.15) is 22.7 Å². The van der Waals surface area contributed by atoms with Crippen LogP contribution in [-0.4, -0.2) is 21.8 Å². The molecule has 0 bridgehead atoms. The van der Waals surface area contributed by atoms with Gasteiger partial charge in [0, 0.05) is 16.8 Å². The van der Waals surface area contributed by atoms with Crippen molar-refractivity contribution in [2.24, 2.45) is 0 Å². The topological polar surface area (TPSA) is 70.5 Å². The van der Waals surface area contributed by atoms with Gasteiger partial charge in [0.2, 0.25) is 0 Å². The summed E-state index contributed by atoms with van der Waals surface area (Å²) in [5.74, 6) is -1.67. The predicted octanol–water partition coefficient (Wildman–Crippen LogP) is 4.67. The van der Waals surface area contributed by atoms with Gasteiger partial charge in [0.05, 0.1) is 23.5 Å². The molecule has 5 nitrogen and oxygen atoms in total. The van der Waals surface area contributed by atoms with E-state index in [9.17, 15) is 14.7 Å². The maximum atomic E-state index is 13.0. The number of aliphatic hydroxyl groups is 1. The van der Waals surface area contributed by atoms with Gasteiger partial charge in [-0.25, -0.2) is 0 Å². The monoisotopic (exact) mass is 404 g/mol. The number of aromatic nitrogens is 1. The van der Waals surface area contributed by atoms with E-state index in [-0.39, 0.29) is 11.3 Å². The van der Waals surface area contributed by atoms with Gasteiger partial charge >= 0.3 is 0 Å². The van der Waals surface area contributed by atoms with E-state index in [4.69, 9.17) is 11.6 Å². The lowest BCUT2D eigenvalue weighted by Gasteiger charge is -2.25. The Hall–Kier alpha value is -3.44. The van der Waals surface area contributed by atoms with Crippen LogP contribution in [0.5, 0.6) is 0 Å². The minimum Gasteiger partial charge on any atom is -0.507 e. The van der Waals surface area contributed by atoms with Crippen molar-refractivity contribution in [3.63, 3.8) is 0 Å². The first kappa shape index (κ1) is 18.9. The zero-order valence-electron chi connectivity index (χ0n) is 15.5. The van der Waals surface area contributed by atoms with E-state index < -0.39 is 17.7 Å². The van der Waals surface area contributed by atoms with E-state index >= 15 is 0 Å². The summed E-state index contributed by atoms with van der Waals surface area (Å²) < 4.78 is 0. The Morgan fingerprint density at radius 3 is 2.34 bits per heavy atom. The van der Waals surface area contributed by atoms with Crippen LogP contribution in [-0.2, 0) is 9.59 Å². The second-order valence-corrected chi connectivity index (χ2v) is 7.23. The van der Waals surface area contributed by atoms with Crippen LogP contribution in [0, 0.1) is 6.92 Å². The highest BCUT2D eigenvalue weighted by atomic mass is 35.5. The molecule has 1 fully saturated rings. The summed E-state index contributed by atoms with van der Waals surface area (Å²) in [6, 6.07) is 16.6. The molecule has 1 aliphatic rings. The smallest absolute Gasteiger partial charge is 0.300 e. The van der Waals surface area contributed by atoms with Crippen LogP contribution >= 0.6 is 11.6 Å². The number of pyridine rings is 1. The Bertz CT molecular complexity index is 1110. The molecule has 4 rings (SSSR count). The molecule has 144 valence electrons. The summed E-state index contributed by atoms with van der Waals surface area (Å²) in [6.07, 6.45) is 3.10. The highest BCUT2D eigenvalue weighted by Gasteiger charge is 2.47. The summed E-state index contributed by atoms with van der Waals surface area (Å²) in [6.45, 7) is 1.93. The fraction of sp³-hybridized carbons (Fsp3) is 0.0870. The van der Waals surface area contributed by atoms with Gasteiger partial charge in [-0.3, -0.25) is 19.5 Å². The van der Waals surface area contributed by atoms with E-state index in [1.54, 1.807) is 54.7 Å². The van der Waals surface area contributed by atoms with Crippen molar-refractivity contribution in [1.29, 1.82) is 0 Å². The number of aryl methyl sites for hydroxylation is 1. The van der Waals surface area contributed by atoms with Crippen molar-refractivity contribution in [1.82, 2.24) is 4.98 Å². The number of hydrogen-bond acceptors (Lipinski definition) is 4. The van der Waals surface area contributed by atoms with Gasteiger partial charge in [0.15, 0.2) is 0 Å². The molecule has 0 aliphatic carbocycles. The lowest BCUT2D eigenvalue weighted by Crippen LogP contribution is -2.29. The van der Waals surface area contributed by atoms with E-state index in [0.717, 1.165) is 5.56 Å². The molecule has 0 radical (unpaired) electrons. The maximum Gasteiger partial charge on any atom is 0.300 e. The van der Waals surface area contributed by atoms with Crippen molar-refractivity contribution < 1.29 is 14.7 Å². The van der Waals surface area contributed by atoms with Crippen molar-refractivity contribution in [3.8, 4) is 0 Å². The van der Waals surface area contributed by atoms with Crippen molar-refractivity contribution in [2.75, 3.05) is 4.90 Å². The number of ketones is 1. The van der Waals surface area contributed by atoms with Crippen LogP contribution in [0.4, 0.5) is 5.69 Å². The number of carbonyl (C=O) groups excluding carboxylic acids is 2. The molecule has 0 spiro atoms. The largest absolute Gasteiger partial charge is 0.507 e. The molecule has 1 unspecified atom stereocenters. The normalized spacial score (nSPS) is 18.3. The number of aliphatic hydroxyl groups excluding tert-OH is 1. The Morgan fingerprint density at radius 1 is 1.03 bits per heavy atom. The fourth-order valence-electron chi connectivity index (χ4n) is 3.42. The summed E-state index contributed by atoms with van der Waals surface area (Å²) in [5.41, 5.74) is 2.65. The average Bonchev–Trinajstić information content (AvgIpc) is 3.00. The average molecular weight is 405 g/mol. The minimum atomic E-state index is -0.794. The molecule has 3 aromatic rings. The second kappa shape index (κ2) is 7.53. The quantitative estimate of drug-likeness (QED) is 0.391. The Balaban J connectivity index is 1.94. The zero-order chi connectivity index (χ0) is 20.5. The lowest BCUT2D eigenvalue weighted by molar-refractivity contribution is -0.132. The summed E-state index contributed by atoms with van der Waals surface area (Å²) in [7, 11) is 0. The van der Waals surface area contributed by atoms with E-state index in [0.29, 0.717) is 21.8 Å². The van der Waals surface area contributed by atoms with Crippen LogP contribution < -0.4 is 4.90 Å². The molecule has 0 saturated carbocycles. The van der Waals surface area contributed by atoms with E-state index in [1.165, 1.54) is 11.1 Å². The van der Waals surface area contributed by atoms with Crippen molar-refractivity contribution in [2.45, 2.75) is 13.0 Å². The van der Waals surface area contributed by atoms with E-state index in [1.807, 2.05) is 19.1 Å². The number of nitrogens with zero attached hydrogens (tertiary/aromatic N) is 2. The first-order valence-corrected chi connectivity index (χ1v) is 9.38. The number of halogens is 1. The van der Waals surface area contributed by atoms with Crippen LogP contribution in [0.3, 0.4) is 0 Å². The van der Waals surface area contributed by atoms with Gasteiger partial charge in [0.25, 0.3) is 11.7 Å². The Morgan fingerprint density at radius 2 is 1.72 bits per heavy atom. The molecule has 1 aromatic heterocycles. The summed E-state index contributed by atoms with van der Waals surface area (Å²) >= 11 is 6.02. The van der Waals surface area contributed by atoms with Crippen LogP contribution in [0.2, 0.25) is 5.02 Å². The van der Waals surface area contributed by atoms with Gasteiger partial charge < -0.3 is 5.11 Å².